The summed E-state index contributed by atoms with van der Waals surface area (Å²) in [5.41, 5.74) is 2.78. The van der Waals surface area contributed by atoms with Gasteiger partial charge >= 0.3 is 0 Å². The third kappa shape index (κ3) is 4.64. The highest BCUT2D eigenvalue weighted by molar-refractivity contribution is 8.15. The zero-order valence-corrected chi connectivity index (χ0v) is 19.0. The number of carbonyl (C=O) groups excluding carboxylic acids is 1. The van der Waals surface area contributed by atoms with Crippen LogP contribution < -0.4 is 20.1 Å². The molecular formula is C21H23N3O5S2. The SMILES string of the molecule is COc1ccc(NC(=O)c2ccc(C)c(NC3=N[C@@H]4CS(=O)(=O)C[C@@H]4S3)c2)cc1OC. The highest BCUT2D eigenvalue weighted by Gasteiger charge is 2.42. The van der Waals surface area contributed by atoms with Gasteiger partial charge in [0.2, 0.25) is 0 Å². The minimum absolute atomic E-state index is 0.0376. The molecule has 0 aliphatic carbocycles. The summed E-state index contributed by atoms with van der Waals surface area (Å²) in [7, 11) is 0.0953. The molecule has 1 amide bonds. The van der Waals surface area contributed by atoms with Crippen molar-refractivity contribution in [3.05, 3.63) is 47.5 Å². The van der Waals surface area contributed by atoms with Crippen LogP contribution >= 0.6 is 11.8 Å². The van der Waals surface area contributed by atoms with Gasteiger partial charge in [-0.3, -0.25) is 9.79 Å². The molecule has 2 aliphatic heterocycles. The summed E-state index contributed by atoms with van der Waals surface area (Å²) >= 11 is 1.44. The first-order valence-corrected chi connectivity index (χ1v) is 12.3. The van der Waals surface area contributed by atoms with Crippen LogP contribution in [0.15, 0.2) is 41.4 Å². The maximum absolute atomic E-state index is 12.8. The maximum Gasteiger partial charge on any atom is 0.255 e. The molecule has 164 valence electrons. The summed E-state index contributed by atoms with van der Waals surface area (Å²) in [6, 6.07) is 10.3. The van der Waals surface area contributed by atoms with E-state index < -0.39 is 9.84 Å². The number of ether oxygens (including phenoxy) is 2. The number of fused-ring (bicyclic) bond motifs is 1. The van der Waals surface area contributed by atoms with Gasteiger partial charge in [-0.05, 0) is 36.8 Å². The van der Waals surface area contributed by atoms with E-state index in [0.717, 1.165) is 11.3 Å². The highest BCUT2D eigenvalue weighted by Crippen LogP contribution is 2.35. The average molecular weight is 462 g/mol. The Morgan fingerprint density at radius 2 is 1.87 bits per heavy atom. The molecule has 4 rings (SSSR count). The molecule has 0 bridgehead atoms. The molecule has 2 aliphatic rings. The van der Waals surface area contributed by atoms with E-state index in [2.05, 4.69) is 15.6 Å². The van der Waals surface area contributed by atoms with Crippen LogP contribution in [-0.2, 0) is 9.84 Å². The van der Waals surface area contributed by atoms with Crippen LogP contribution in [0, 0.1) is 6.92 Å². The monoisotopic (exact) mass is 461 g/mol. The molecule has 1 saturated heterocycles. The molecule has 0 aromatic heterocycles. The summed E-state index contributed by atoms with van der Waals surface area (Å²) in [6.45, 7) is 1.93. The van der Waals surface area contributed by atoms with Gasteiger partial charge in [-0.2, -0.15) is 0 Å². The summed E-state index contributed by atoms with van der Waals surface area (Å²) in [6.07, 6.45) is 0. The minimum Gasteiger partial charge on any atom is -0.493 e. The Balaban J connectivity index is 1.48. The number of nitrogens with one attached hydrogen (secondary N) is 2. The second kappa shape index (κ2) is 8.43. The fraction of sp³-hybridized carbons (Fsp3) is 0.333. The van der Waals surface area contributed by atoms with E-state index in [-0.39, 0.29) is 28.7 Å². The maximum atomic E-state index is 12.8. The number of amidine groups is 1. The van der Waals surface area contributed by atoms with E-state index in [1.165, 1.54) is 18.9 Å². The summed E-state index contributed by atoms with van der Waals surface area (Å²) in [5, 5.41) is 6.77. The predicted octanol–water partition coefficient (Wildman–Crippen LogP) is 2.94. The first-order valence-electron chi connectivity index (χ1n) is 9.64. The molecule has 0 saturated carbocycles. The number of hydrogen-bond acceptors (Lipinski definition) is 8. The number of benzene rings is 2. The van der Waals surface area contributed by atoms with Crippen LogP contribution in [0.4, 0.5) is 11.4 Å². The Labute approximate surface area is 185 Å². The van der Waals surface area contributed by atoms with Gasteiger partial charge in [-0.25, -0.2) is 8.42 Å². The lowest BCUT2D eigenvalue weighted by Crippen LogP contribution is -2.14. The first-order chi connectivity index (χ1) is 14.8. The van der Waals surface area contributed by atoms with Gasteiger partial charge in [-0.1, -0.05) is 17.8 Å². The Morgan fingerprint density at radius 3 is 2.58 bits per heavy atom. The number of aryl methyl sites for hydroxylation is 1. The van der Waals surface area contributed by atoms with E-state index in [1.807, 2.05) is 13.0 Å². The molecule has 0 radical (unpaired) electrons. The van der Waals surface area contributed by atoms with Gasteiger partial charge in [0.05, 0.1) is 31.8 Å². The lowest BCUT2D eigenvalue weighted by Gasteiger charge is -2.13. The molecule has 2 heterocycles. The van der Waals surface area contributed by atoms with Crippen molar-refractivity contribution in [2.75, 3.05) is 36.4 Å². The molecule has 1 fully saturated rings. The fourth-order valence-electron chi connectivity index (χ4n) is 3.55. The molecule has 10 heteroatoms. The van der Waals surface area contributed by atoms with Crippen molar-refractivity contribution in [3.8, 4) is 11.5 Å². The molecule has 2 aromatic rings. The van der Waals surface area contributed by atoms with E-state index in [9.17, 15) is 13.2 Å². The lowest BCUT2D eigenvalue weighted by atomic mass is 10.1. The minimum atomic E-state index is -2.99. The third-order valence-corrected chi connectivity index (χ3v) is 8.34. The van der Waals surface area contributed by atoms with Crippen molar-refractivity contribution in [1.82, 2.24) is 0 Å². The topological polar surface area (TPSA) is 106 Å². The number of rotatable bonds is 5. The fourth-order valence-corrected chi connectivity index (χ4v) is 7.21. The van der Waals surface area contributed by atoms with E-state index in [1.54, 1.807) is 37.4 Å². The number of sulfone groups is 1. The van der Waals surface area contributed by atoms with Crippen molar-refractivity contribution in [3.63, 3.8) is 0 Å². The molecule has 0 unspecified atom stereocenters. The molecule has 8 nitrogen and oxygen atoms in total. The lowest BCUT2D eigenvalue weighted by molar-refractivity contribution is 0.102. The summed E-state index contributed by atoms with van der Waals surface area (Å²) in [4.78, 5) is 17.3. The molecular weight excluding hydrogens is 438 g/mol. The van der Waals surface area contributed by atoms with Crippen LogP contribution in [0.1, 0.15) is 15.9 Å². The number of aliphatic imine (C=N–C) groups is 1. The van der Waals surface area contributed by atoms with Crippen LogP contribution in [0.2, 0.25) is 0 Å². The van der Waals surface area contributed by atoms with E-state index >= 15 is 0 Å². The molecule has 31 heavy (non-hydrogen) atoms. The van der Waals surface area contributed by atoms with Crippen LogP contribution in [-0.4, -0.2) is 56.5 Å². The van der Waals surface area contributed by atoms with Crippen molar-refractivity contribution < 1.29 is 22.7 Å². The van der Waals surface area contributed by atoms with Crippen LogP contribution in [0.25, 0.3) is 0 Å². The zero-order valence-electron chi connectivity index (χ0n) is 17.3. The van der Waals surface area contributed by atoms with Crippen molar-refractivity contribution in [2.45, 2.75) is 18.2 Å². The van der Waals surface area contributed by atoms with Gasteiger partial charge in [0.1, 0.15) is 0 Å². The second-order valence-corrected chi connectivity index (χ2v) is 10.8. The van der Waals surface area contributed by atoms with Crippen molar-refractivity contribution in [1.29, 1.82) is 0 Å². The number of thioether (sulfide) groups is 1. The Bertz CT molecular complexity index is 1160. The standard InChI is InChI=1S/C21H23N3O5S2/c1-12-4-5-13(20(25)22-14-6-7-17(28-2)18(9-14)29-3)8-15(12)23-21-24-16-10-31(26,27)11-19(16)30-21/h4-9,16,19H,10-11H2,1-3H3,(H,22,25)(H,23,24)/t16-,19+/m1/s1. The molecule has 0 spiro atoms. The van der Waals surface area contributed by atoms with Crippen molar-refractivity contribution >= 4 is 44.0 Å². The van der Waals surface area contributed by atoms with Gasteiger partial charge in [0.15, 0.2) is 26.5 Å². The smallest absolute Gasteiger partial charge is 0.255 e. The van der Waals surface area contributed by atoms with Gasteiger partial charge in [-0.15, -0.1) is 0 Å². The first kappa shape index (κ1) is 21.5. The van der Waals surface area contributed by atoms with E-state index in [0.29, 0.717) is 27.9 Å². The van der Waals surface area contributed by atoms with Gasteiger partial charge in [0, 0.05) is 28.3 Å². The van der Waals surface area contributed by atoms with Crippen molar-refractivity contribution in [2.24, 2.45) is 4.99 Å². The highest BCUT2D eigenvalue weighted by atomic mass is 32.2. The summed E-state index contributed by atoms with van der Waals surface area (Å²) < 4.78 is 34.0. The summed E-state index contributed by atoms with van der Waals surface area (Å²) in [5.74, 6) is 1.09. The molecule has 2 aromatic carbocycles. The largest absolute Gasteiger partial charge is 0.493 e. The second-order valence-electron chi connectivity index (χ2n) is 7.41. The molecule has 2 N–H and O–H groups in total. The quantitative estimate of drug-likeness (QED) is 0.705. The zero-order chi connectivity index (χ0) is 22.2. The molecule has 2 atom stereocenters. The predicted molar refractivity (Wildman–Crippen MR) is 124 cm³/mol. The normalized spacial score (nSPS) is 21.2. The van der Waals surface area contributed by atoms with Gasteiger partial charge in [0.25, 0.3) is 5.91 Å². The number of anilines is 2. The van der Waals surface area contributed by atoms with E-state index in [4.69, 9.17) is 9.47 Å². The number of amides is 1. The number of methoxy groups -OCH3 is 2. The third-order valence-electron chi connectivity index (χ3n) is 5.20. The Hall–Kier alpha value is -2.72. The van der Waals surface area contributed by atoms with Crippen LogP contribution in [0.3, 0.4) is 0 Å². The number of carbonyl (C=O) groups is 1. The van der Waals surface area contributed by atoms with Gasteiger partial charge < -0.3 is 20.1 Å². The van der Waals surface area contributed by atoms with Crippen LogP contribution in [0.5, 0.6) is 11.5 Å². The number of nitrogens with zero attached hydrogens (tertiary/aromatic N) is 1. The average Bonchev–Trinajstić information content (AvgIpc) is 3.21. The number of hydrogen-bond donors (Lipinski definition) is 2. The Morgan fingerprint density at radius 1 is 1.10 bits per heavy atom. The Kier molecular flexibility index (Phi) is 5.85.